The lowest BCUT2D eigenvalue weighted by molar-refractivity contribution is 0.0913. The highest BCUT2D eigenvalue weighted by molar-refractivity contribution is 6.31. The first-order valence-electron chi connectivity index (χ1n) is 7.12. The molecule has 0 radical (unpaired) electrons. The fraction of sp³-hybridized carbons (Fsp3) is 0.625. The van der Waals surface area contributed by atoms with Gasteiger partial charge >= 0.3 is 0 Å². The van der Waals surface area contributed by atoms with Gasteiger partial charge in [0, 0.05) is 5.02 Å². The molecule has 18 heavy (non-hydrogen) atoms. The first kappa shape index (κ1) is 13.9. The first-order valence-corrected chi connectivity index (χ1v) is 7.50. The third kappa shape index (κ3) is 3.49. The van der Waals surface area contributed by atoms with Gasteiger partial charge in [-0.25, -0.2) is 0 Å². The van der Waals surface area contributed by atoms with Crippen molar-refractivity contribution in [1.29, 1.82) is 0 Å². The topological polar surface area (TPSA) is 20.2 Å². The van der Waals surface area contributed by atoms with Crippen LogP contribution in [-0.2, 0) is 0 Å². The molecule has 0 amide bonds. The molecule has 1 unspecified atom stereocenters. The summed E-state index contributed by atoms with van der Waals surface area (Å²) in [7, 11) is 0. The third-order valence-corrected chi connectivity index (χ3v) is 4.54. The minimum absolute atomic E-state index is 0.346. The number of rotatable bonds is 2. The second-order valence-electron chi connectivity index (χ2n) is 5.56. The van der Waals surface area contributed by atoms with Gasteiger partial charge in [-0.3, -0.25) is 0 Å². The van der Waals surface area contributed by atoms with Crippen LogP contribution in [0.15, 0.2) is 18.2 Å². The maximum absolute atomic E-state index is 10.5. The Morgan fingerprint density at radius 1 is 1.11 bits per heavy atom. The van der Waals surface area contributed by atoms with Crippen molar-refractivity contribution < 1.29 is 5.11 Å². The summed E-state index contributed by atoms with van der Waals surface area (Å²) in [6.45, 7) is 1.99. The van der Waals surface area contributed by atoms with Gasteiger partial charge in [-0.2, -0.15) is 0 Å². The predicted molar refractivity (Wildman–Crippen MR) is 77.0 cm³/mol. The fourth-order valence-corrected chi connectivity index (χ4v) is 3.06. The Bertz CT molecular complexity index is 381. The Kier molecular flexibility index (Phi) is 5.08. The molecule has 1 aromatic carbocycles. The van der Waals surface area contributed by atoms with Crippen LogP contribution in [0, 0.1) is 12.8 Å². The van der Waals surface area contributed by atoms with Crippen LogP contribution in [0.2, 0.25) is 5.02 Å². The molecule has 1 nitrogen and oxygen atoms in total. The quantitative estimate of drug-likeness (QED) is 0.795. The molecule has 1 N–H and O–H groups in total. The number of hydrogen-bond acceptors (Lipinski definition) is 1. The van der Waals surface area contributed by atoms with E-state index in [2.05, 4.69) is 0 Å². The number of hydrogen-bond donors (Lipinski definition) is 1. The van der Waals surface area contributed by atoms with Gasteiger partial charge in [-0.1, -0.05) is 55.8 Å². The molecule has 0 spiro atoms. The fourth-order valence-electron chi connectivity index (χ4n) is 2.87. The normalized spacial score (nSPS) is 20.2. The summed E-state index contributed by atoms with van der Waals surface area (Å²) in [5, 5.41) is 11.3. The van der Waals surface area contributed by atoms with Crippen LogP contribution in [0.1, 0.15) is 62.2 Å². The van der Waals surface area contributed by atoms with Gasteiger partial charge < -0.3 is 5.11 Å². The molecule has 0 saturated heterocycles. The first-order chi connectivity index (χ1) is 8.68. The number of benzene rings is 1. The second-order valence-corrected chi connectivity index (χ2v) is 5.97. The molecule has 2 heteroatoms. The highest BCUT2D eigenvalue weighted by atomic mass is 35.5. The zero-order chi connectivity index (χ0) is 13.0. The molecule has 0 aromatic heterocycles. The molecule has 2 rings (SSSR count). The molecular formula is C16H23ClO. The van der Waals surface area contributed by atoms with Crippen molar-refractivity contribution in [3.63, 3.8) is 0 Å². The Balaban J connectivity index is 2.08. The van der Waals surface area contributed by atoms with Crippen LogP contribution in [0.25, 0.3) is 0 Å². The highest BCUT2D eigenvalue weighted by Gasteiger charge is 2.21. The maximum Gasteiger partial charge on any atom is 0.0818 e. The summed E-state index contributed by atoms with van der Waals surface area (Å²) in [6.07, 6.45) is 8.44. The average molecular weight is 267 g/mol. The molecule has 1 saturated carbocycles. The summed E-state index contributed by atoms with van der Waals surface area (Å²) in [5.41, 5.74) is 2.06. The third-order valence-electron chi connectivity index (χ3n) is 4.13. The molecule has 1 aromatic rings. The van der Waals surface area contributed by atoms with Crippen molar-refractivity contribution in [2.45, 2.75) is 58.0 Å². The molecule has 0 heterocycles. The molecular weight excluding hydrogens is 244 g/mol. The summed E-state index contributed by atoms with van der Waals surface area (Å²) in [5.74, 6) is 0.407. The van der Waals surface area contributed by atoms with E-state index in [1.807, 2.05) is 25.1 Å². The summed E-state index contributed by atoms with van der Waals surface area (Å²) in [6, 6.07) is 5.95. The number of aryl methyl sites for hydroxylation is 1. The molecule has 1 fully saturated rings. The largest absolute Gasteiger partial charge is 0.388 e. The Hall–Kier alpha value is -0.530. The molecule has 1 aliphatic rings. The van der Waals surface area contributed by atoms with E-state index in [0.29, 0.717) is 5.92 Å². The van der Waals surface area contributed by atoms with Gasteiger partial charge in [0.05, 0.1) is 6.10 Å². The van der Waals surface area contributed by atoms with E-state index in [1.54, 1.807) is 0 Å². The lowest BCUT2D eigenvalue weighted by Crippen LogP contribution is -2.14. The van der Waals surface area contributed by atoms with Gasteiger partial charge in [0.15, 0.2) is 0 Å². The van der Waals surface area contributed by atoms with Crippen LogP contribution < -0.4 is 0 Å². The lowest BCUT2D eigenvalue weighted by atomic mass is 9.84. The van der Waals surface area contributed by atoms with E-state index in [0.717, 1.165) is 29.0 Å². The summed E-state index contributed by atoms with van der Waals surface area (Å²) in [4.78, 5) is 0. The standard InChI is InChI=1S/C16H23ClO/c1-12-9-10-14(11-15(12)17)16(18)13-7-5-3-2-4-6-8-13/h9-11,13,16,18H,2-8H2,1H3. The SMILES string of the molecule is Cc1ccc(C(O)C2CCCCCCC2)cc1Cl. The maximum atomic E-state index is 10.5. The number of aliphatic hydroxyl groups excluding tert-OH is 1. The Labute approximate surface area is 115 Å². The van der Waals surface area contributed by atoms with E-state index >= 15 is 0 Å². The average Bonchev–Trinajstić information content (AvgIpc) is 2.31. The van der Waals surface area contributed by atoms with Gasteiger partial charge in [0.2, 0.25) is 0 Å². The summed E-state index contributed by atoms with van der Waals surface area (Å²) >= 11 is 6.14. The smallest absolute Gasteiger partial charge is 0.0818 e. The number of aliphatic hydroxyl groups is 1. The van der Waals surface area contributed by atoms with Crippen molar-refractivity contribution >= 4 is 11.6 Å². The molecule has 0 bridgehead atoms. The van der Waals surface area contributed by atoms with Gasteiger partial charge in [0.1, 0.15) is 0 Å². The second kappa shape index (κ2) is 6.58. The van der Waals surface area contributed by atoms with Crippen LogP contribution in [0.5, 0.6) is 0 Å². The zero-order valence-corrected chi connectivity index (χ0v) is 11.9. The van der Waals surface area contributed by atoms with Crippen LogP contribution >= 0.6 is 11.6 Å². The lowest BCUT2D eigenvalue weighted by Gasteiger charge is -2.25. The van der Waals surface area contributed by atoms with Crippen molar-refractivity contribution in [1.82, 2.24) is 0 Å². The minimum Gasteiger partial charge on any atom is -0.388 e. The van der Waals surface area contributed by atoms with E-state index in [1.165, 1.54) is 32.1 Å². The van der Waals surface area contributed by atoms with Crippen molar-refractivity contribution in [2.75, 3.05) is 0 Å². The number of halogens is 1. The summed E-state index contributed by atoms with van der Waals surface area (Å²) < 4.78 is 0. The molecule has 1 aliphatic carbocycles. The van der Waals surface area contributed by atoms with Gasteiger partial charge in [0.25, 0.3) is 0 Å². The Morgan fingerprint density at radius 2 is 1.72 bits per heavy atom. The minimum atomic E-state index is -0.346. The van der Waals surface area contributed by atoms with Gasteiger partial charge in [-0.05, 0) is 42.9 Å². The molecule has 100 valence electrons. The van der Waals surface area contributed by atoms with Crippen LogP contribution in [-0.4, -0.2) is 5.11 Å². The van der Waals surface area contributed by atoms with Crippen molar-refractivity contribution in [3.8, 4) is 0 Å². The Morgan fingerprint density at radius 3 is 2.33 bits per heavy atom. The highest BCUT2D eigenvalue weighted by Crippen LogP contribution is 2.34. The van der Waals surface area contributed by atoms with E-state index < -0.39 is 0 Å². The predicted octanol–water partition coefficient (Wildman–Crippen LogP) is 5.04. The molecule has 0 aliphatic heterocycles. The monoisotopic (exact) mass is 266 g/mol. The van der Waals surface area contributed by atoms with Crippen LogP contribution in [0.3, 0.4) is 0 Å². The van der Waals surface area contributed by atoms with Crippen molar-refractivity contribution in [3.05, 3.63) is 34.3 Å². The van der Waals surface area contributed by atoms with Gasteiger partial charge in [-0.15, -0.1) is 0 Å². The zero-order valence-electron chi connectivity index (χ0n) is 11.2. The van der Waals surface area contributed by atoms with Crippen LogP contribution in [0.4, 0.5) is 0 Å². The van der Waals surface area contributed by atoms with E-state index in [4.69, 9.17) is 11.6 Å². The van der Waals surface area contributed by atoms with Crippen molar-refractivity contribution in [2.24, 2.45) is 5.92 Å². The van der Waals surface area contributed by atoms with E-state index in [9.17, 15) is 5.11 Å². The molecule has 1 atom stereocenters. The van der Waals surface area contributed by atoms with E-state index in [-0.39, 0.29) is 6.10 Å².